The first-order valence-electron chi connectivity index (χ1n) is 5.88. The van der Waals surface area contributed by atoms with E-state index in [1.807, 2.05) is 11.8 Å². The maximum atomic E-state index is 11.1. The fourth-order valence-electron chi connectivity index (χ4n) is 2.27. The second kappa shape index (κ2) is 6.03. The van der Waals surface area contributed by atoms with E-state index >= 15 is 0 Å². The van der Waals surface area contributed by atoms with Crippen LogP contribution in [0.15, 0.2) is 23.1 Å². The van der Waals surface area contributed by atoms with Crippen LogP contribution in [0.4, 0.5) is 0 Å². The fraction of sp³-hybridized carbons (Fsp3) is 0.538. The third-order valence-electron chi connectivity index (χ3n) is 3.22. The lowest BCUT2D eigenvalue weighted by molar-refractivity contribution is 0.268. The van der Waals surface area contributed by atoms with Gasteiger partial charge in [0, 0.05) is 47.3 Å². The third kappa shape index (κ3) is 3.33. The van der Waals surface area contributed by atoms with E-state index in [0.717, 1.165) is 31.8 Å². The van der Waals surface area contributed by atoms with Crippen molar-refractivity contribution < 1.29 is 4.21 Å². The summed E-state index contributed by atoms with van der Waals surface area (Å²) in [6, 6.07) is 6.58. The Morgan fingerprint density at radius 1 is 1.47 bits per heavy atom. The average Bonchev–Trinajstić information content (AvgIpc) is 2.35. The van der Waals surface area contributed by atoms with Crippen LogP contribution in [0.2, 0.25) is 0 Å². The van der Waals surface area contributed by atoms with E-state index in [1.54, 1.807) is 6.26 Å². The van der Waals surface area contributed by atoms with Crippen LogP contribution in [-0.4, -0.2) is 40.5 Å². The molecule has 4 heteroatoms. The molecule has 1 aromatic carbocycles. The van der Waals surface area contributed by atoms with Crippen molar-refractivity contribution in [2.45, 2.75) is 17.9 Å². The topological polar surface area (TPSA) is 20.3 Å². The molecule has 0 aliphatic carbocycles. The smallest absolute Gasteiger partial charge is 0.0359 e. The molecule has 0 N–H and O–H groups in total. The molecule has 1 unspecified atom stereocenters. The summed E-state index contributed by atoms with van der Waals surface area (Å²) in [6.45, 7) is 3.06. The van der Waals surface area contributed by atoms with Crippen LogP contribution in [-0.2, 0) is 23.8 Å². The summed E-state index contributed by atoms with van der Waals surface area (Å²) in [5, 5.41) is 0. The number of nitrogens with zero attached hydrogens (tertiary/aromatic N) is 1. The van der Waals surface area contributed by atoms with Gasteiger partial charge >= 0.3 is 0 Å². The van der Waals surface area contributed by atoms with E-state index < -0.39 is 10.8 Å². The molecule has 2 nitrogen and oxygen atoms in total. The van der Waals surface area contributed by atoms with Gasteiger partial charge in [-0.05, 0) is 29.9 Å². The number of hydrogen-bond acceptors (Lipinski definition) is 3. The van der Waals surface area contributed by atoms with Crippen molar-refractivity contribution in [3.05, 3.63) is 29.3 Å². The quantitative estimate of drug-likeness (QED) is 0.781. The van der Waals surface area contributed by atoms with E-state index in [1.165, 1.54) is 16.0 Å². The van der Waals surface area contributed by atoms with Gasteiger partial charge in [-0.2, -0.15) is 0 Å². The Balaban J connectivity index is 2.06. The van der Waals surface area contributed by atoms with Gasteiger partial charge in [-0.3, -0.25) is 9.11 Å². The molecule has 0 aromatic heterocycles. The van der Waals surface area contributed by atoms with Gasteiger partial charge in [0.25, 0.3) is 0 Å². The standard InChI is InChI=1S/C13H19NOS2/c1-16-13-5-3-4-11-10-14(7-6-12(11)13)8-9-17(2)15/h3-5H,6-10H2,1-2H3. The van der Waals surface area contributed by atoms with Crippen LogP contribution in [0.5, 0.6) is 0 Å². The van der Waals surface area contributed by atoms with Crippen molar-refractivity contribution >= 4 is 22.6 Å². The Kier molecular flexibility index (Phi) is 4.65. The monoisotopic (exact) mass is 269 g/mol. The molecule has 94 valence electrons. The highest BCUT2D eigenvalue weighted by Gasteiger charge is 2.18. The summed E-state index contributed by atoms with van der Waals surface area (Å²) >= 11 is 1.84. The SMILES string of the molecule is CSc1cccc2c1CCN(CCS(C)=O)C2. The predicted octanol–water partition coefficient (Wildman–Crippen LogP) is 2.15. The third-order valence-corrected chi connectivity index (χ3v) is 4.80. The average molecular weight is 269 g/mol. The van der Waals surface area contributed by atoms with Gasteiger partial charge in [0.1, 0.15) is 0 Å². The molecule has 0 spiro atoms. The van der Waals surface area contributed by atoms with Crippen LogP contribution >= 0.6 is 11.8 Å². The molecule has 1 aliphatic rings. The maximum Gasteiger partial charge on any atom is 0.0359 e. The lowest BCUT2D eigenvalue weighted by atomic mass is 10.00. The highest BCUT2D eigenvalue weighted by atomic mass is 32.2. The second-order valence-electron chi connectivity index (χ2n) is 4.40. The van der Waals surface area contributed by atoms with Gasteiger partial charge in [-0.25, -0.2) is 0 Å². The van der Waals surface area contributed by atoms with Crippen molar-refractivity contribution in [3.8, 4) is 0 Å². The number of benzene rings is 1. The summed E-state index contributed by atoms with van der Waals surface area (Å²) in [4.78, 5) is 3.83. The van der Waals surface area contributed by atoms with Crippen LogP contribution in [0.25, 0.3) is 0 Å². The van der Waals surface area contributed by atoms with Crippen molar-refractivity contribution in [1.82, 2.24) is 4.90 Å². The van der Waals surface area contributed by atoms with Crippen molar-refractivity contribution in [2.75, 3.05) is 31.4 Å². The molecule has 1 aliphatic heterocycles. The highest BCUT2D eigenvalue weighted by Crippen LogP contribution is 2.28. The van der Waals surface area contributed by atoms with Crippen LogP contribution in [0, 0.1) is 0 Å². The summed E-state index contributed by atoms with van der Waals surface area (Å²) in [7, 11) is -0.677. The first-order valence-corrected chi connectivity index (χ1v) is 8.83. The summed E-state index contributed by atoms with van der Waals surface area (Å²) < 4.78 is 11.1. The largest absolute Gasteiger partial charge is 0.298 e. The Morgan fingerprint density at radius 2 is 2.29 bits per heavy atom. The lowest BCUT2D eigenvalue weighted by Crippen LogP contribution is -2.33. The molecular formula is C13H19NOS2. The lowest BCUT2D eigenvalue weighted by Gasteiger charge is -2.29. The summed E-state index contributed by atoms with van der Waals surface area (Å²) in [5.41, 5.74) is 2.97. The zero-order chi connectivity index (χ0) is 12.3. The molecule has 1 aromatic rings. The van der Waals surface area contributed by atoms with Crippen LogP contribution in [0.1, 0.15) is 11.1 Å². The van der Waals surface area contributed by atoms with Crippen LogP contribution in [0.3, 0.4) is 0 Å². The van der Waals surface area contributed by atoms with E-state index in [-0.39, 0.29) is 0 Å². The summed E-state index contributed by atoms with van der Waals surface area (Å²) in [5.74, 6) is 0.789. The number of thioether (sulfide) groups is 1. The molecule has 2 rings (SSSR count). The number of rotatable bonds is 4. The van der Waals surface area contributed by atoms with Gasteiger partial charge in [0.2, 0.25) is 0 Å². The minimum atomic E-state index is -0.677. The minimum absolute atomic E-state index is 0.677. The zero-order valence-electron chi connectivity index (χ0n) is 10.4. The fourth-order valence-corrected chi connectivity index (χ4v) is 3.48. The van der Waals surface area contributed by atoms with E-state index in [2.05, 4.69) is 29.4 Å². The molecule has 0 fully saturated rings. The number of fused-ring (bicyclic) bond motifs is 1. The molecule has 0 radical (unpaired) electrons. The first-order chi connectivity index (χ1) is 8.20. The molecule has 0 bridgehead atoms. The first kappa shape index (κ1) is 13.1. The molecular weight excluding hydrogens is 250 g/mol. The van der Waals surface area contributed by atoms with Crippen molar-refractivity contribution in [1.29, 1.82) is 0 Å². The second-order valence-corrected chi connectivity index (χ2v) is 6.80. The Hall–Kier alpha value is -0.320. The normalized spacial score (nSPS) is 17.8. The molecule has 17 heavy (non-hydrogen) atoms. The maximum absolute atomic E-state index is 11.1. The zero-order valence-corrected chi connectivity index (χ0v) is 12.1. The minimum Gasteiger partial charge on any atom is -0.298 e. The highest BCUT2D eigenvalue weighted by molar-refractivity contribution is 7.98. The molecule has 0 saturated heterocycles. The van der Waals surface area contributed by atoms with Gasteiger partial charge in [-0.1, -0.05) is 12.1 Å². The Bertz CT molecular complexity index is 420. The molecule has 1 heterocycles. The Morgan fingerprint density at radius 3 is 3.00 bits per heavy atom. The van der Waals surface area contributed by atoms with Gasteiger partial charge in [0.15, 0.2) is 0 Å². The molecule has 1 atom stereocenters. The van der Waals surface area contributed by atoms with Gasteiger partial charge < -0.3 is 0 Å². The van der Waals surface area contributed by atoms with E-state index in [0.29, 0.717) is 0 Å². The predicted molar refractivity (Wildman–Crippen MR) is 76.1 cm³/mol. The molecule has 0 amide bonds. The van der Waals surface area contributed by atoms with Crippen molar-refractivity contribution in [3.63, 3.8) is 0 Å². The summed E-state index contributed by atoms with van der Waals surface area (Å²) in [6.07, 6.45) is 5.05. The van der Waals surface area contributed by atoms with E-state index in [4.69, 9.17) is 0 Å². The van der Waals surface area contributed by atoms with Gasteiger partial charge in [-0.15, -0.1) is 11.8 Å². The molecule has 0 saturated carbocycles. The van der Waals surface area contributed by atoms with Gasteiger partial charge in [0.05, 0.1) is 0 Å². The number of hydrogen-bond donors (Lipinski definition) is 0. The Labute approximate surface area is 110 Å². The van der Waals surface area contributed by atoms with Crippen molar-refractivity contribution in [2.24, 2.45) is 0 Å². The van der Waals surface area contributed by atoms with Crippen LogP contribution < -0.4 is 0 Å². The van der Waals surface area contributed by atoms with E-state index in [9.17, 15) is 4.21 Å².